The number of halogens is 2. The third-order valence-electron chi connectivity index (χ3n) is 2.19. The van der Waals surface area contributed by atoms with Crippen LogP contribution in [0.15, 0.2) is 18.2 Å². The maximum absolute atomic E-state index is 7.27. The fraction of sp³-hybridized carbons (Fsp3) is 0.636. The van der Waals surface area contributed by atoms with Crippen molar-refractivity contribution in [1.82, 2.24) is 0 Å². The summed E-state index contributed by atoms with van der Waals surface area (Å²) in [5.41, 5.74) is 7.27. The van der Waals surface area contributed by atoms with Crippen LogP contribution in [0.5, 0.6) is 0 Å². The predicted octanol–water partition coefficient (Wildman–Crippen LogP) is 4.52. The van der Waals surface area contributed by atoms with Crippen LogP contribution >= 0.6 is 24.8 Å². The van der Waals surface area contributed by atoms with Crippen LogP contribution in [0.25, 0.3) is 5.73 Å². The monoisotopic (exact) mass is 283 g/mol. The Morgan fingerprint density at radius 2 is 1.67 bits per heavy atom. The first-order chi connectivity index (χ1) is 5.89. The minimum Gasteiger partial charge on any atom is -0.675 e. The Morgan fingerprint density at radius 1 is 1.07 bits per heavy atom. The molecule has 4 heteroatoms. The molecule has 86 valence electrons. The topological polar surface area (TPSA) is 23.8 Å². The van der Waals surface area contributed by atoms with Gasteiger partial charge in [-0.3, -0.25) is 6.08 Å². The van der Waals surface area contributed by atoms with Gasteiger partial charge in [-0.25, -0.2) is 12.2 Å². The number of hydrogen-bond donors (Lipinski definition) is 0. The summed E-state index contributed by atoms with van der Waals surface area (Å²) in [5.74, 6) is 0. The molecule has 1 N–H and O–H groups in total. The Balaban J connectivity index is -0.000000165. The largest absolute Gasteiger partial charge is 2.00 e. The summed E-state index contributed by atoms with van der Waals surface area (Å²) in [4.78, 5) is 0. The molecule has 0 aromatic carbocycles. The summed E-state index contributed by atoms with van der Waals surface area (Å²) in [7, 11) is 0. The van der Waals surface area contributed by atoms with Crippen molar-refractivity contribution in [3.63, 3.8) is 0 Å². The molecule has 2 aliphatic rings. The maximum atomic E-state index is 7.27. The number of allylic oxidation sites excluding steroid dienone is 4. The van der Waals surface area contributed by atoms with E-state index in [4.69, 9.17) is 5.73 Å². The van der Waals surface area contributed by atoms with Crippen LogP contribution in [-0.4, -0.2) is 6.04 Å². The Morgan fingerprint density at radius 3 is 1.87 bits per heavy atom. The van der Waals surface area contributed by atoms with Gasteiger partial charge in [0.1, 0.15) is 0 Å². The van der Waals surface area contributed by atoms with Crippen LogP contribution in [0.4, 0.5) is 0 Å². The van der Waals surface area contributed by atoms with Crippen LogP contribution in [0.1, 0.15) is 38.5 Å². The second kappa shape index (κ2) is 14.7. The second-order valence-corrected chi connectivity index (χ2v) is 3.34. The third-order valence-corrected chi connectivity index (χ3v) is 2.19. The van der Waals surface area contributed by atoms with E-state index >= 15 is 0 Å². The van der Waals surface area contributed by atoms with Gasteiger partial charge in [0, 0.05) is 0 Å². The quantitative estimate of drug-likeness (QED) is 0.461. The maximum Gasteiger partial charge on any atom is 2.00 e. The molecule has 0 amide bonds. The molecule has 15 heavy (non-hydrogen) atoms. The average Bonchev–Trinajstić information content (AvgIpc) is 2.62. The molecule has 0 bridgehead atoms. The van der Waals surface area contributed by atoms with Gasteiger partial charge in [-0.05, 0) is 0 Å². The van der Waals surface area contributed by atoms with Gasteiger partial charge in [-0.15, -0.1) is 37.3 Å². The number of nitrogens with one attached hydrogen (secondary N) is 1. The van der Waals surface area contributed by atoms with Crippen LogP contribution < -0.4 is 0 Å². The molecule has 0 radical (unpaired) electrons. The zero-order valence-corrected chi connectivity index (χ0v) is 12.1. The molecule has 0 aromatic heterocycles. The molecule has 0 unspecified atom stereocenters. The van der Waals surface area contributed by atoms with E-state index in [9.17, 15) is 0 Å². The molecule has 0 atom stereocenters. The predicted molar refractivity (Wildman–Crippen MR) is 67.3 cm³/mol. The van der Waals surface area contributed by atoms with Crippen LogP contribution in [-0.2, 0) is 21.7 Å². The zero-order chi connectivity index (χ0) is 8.65. The standard InChI is InChI=1S/C6H12N.C5H5.2ClH.Ti/c7-6-4-2-1-3-5-6;1-2-4-5-3-1;;;/h6-7H,1-5H2;1-3H,4H2;2*1H;/q2*-1;;;+2. The van der Waals surface area contributed by atoms with Crippen molar-refractivity contribution >= 4 is 24.8 Å². The van der Waals surface area contributed by atoms with E-state index in [-0.39, 0.29) is 52.6 Å². The normalized spacial score (nSPS) is 17.7. The number of rotatable bonds is 0. The van der Waals surface area contributed by atoms with E-state index in [1.165, 1.54) is 19.3 Å². The first-order valence-corrected chi connectivity index (χ1v) is 4.82. The average molecular weight is 284 g/mol. The summed E-state index contributed by atoms with van der Waals surface area (Å²) in [5, 5.41) is 0. The van der Waals surface area contributed by atoms with E-state index in [2.05, 4.69) is 12.2 Å². The van der Waals surface area contributed by atoms with Gasteiger partial charge in [0.05, 0.1) is 0 Å². The van der Waals surface area contributed by atoms with Gasteiger partial charge < -0.3 is 5.73 Å². The third kappa shape index (κ3) is 12.7. The zero-order valence-electron chi connectivity index (χ0n) is 8.87. The van der Waals surface area contributed by atoms with E-state index in [0.29, 0.717) is 0 Å². The number of hydrogen-bond acceptors (Lipinski definition) is 0. The fourth-order valence-electron chi connectivity index (χ4n) is 1.44. The van der Waals surface area contributed by atoms with Crippen molar-refractivity contribution in [2.24, 2.45) is 0 Å². The summed E-state index contributed by atoms with van der Waals surface area (Å²) >= 11 is 0. The minimum absolute atomic E-state index is 0. The molecule has 1 nitrogen and oxygen atoms in total. The summed E-state index contributed by atoms with van der Waals surface area (Å²) < 4.78 is 0. The Kier molecular flexibility index (Phi) is 20.7. The van der Waals surface area contributed by atoms with Crippen LogP contribution in [0.2, 0.25) is 0 Å². The van der Waals surface area contributed by atoms with E-state index in [1.807, 2.05) is 12.2 Å². The van der Waals surface area contributed by atoms with Gasteiger partial charge in [0.25, 0.3) is 0 Å². The molecule has 1 fully saturated rings. The minimum atomic E-state index is 0. The van der Waals surface area contributed by atoms with Crippen molar-refractivity contribution in [3.8, 4) is 0 Å². The van der Waals surface area contributed by atoms with Crippen LogP contribution in [0, 0.1) is 6.08 Å². The van der Waals surface area contributed by atoms with E-state index in [1.54, 1.807) is 0 Å². The molecular formula is C11H19Cl2NTi. The summed E-state index contributed by atoms with van der Waals surface area (Å²) in [6, 6.07) is 0.286. The van der Waals surface area contributed by atoms with Gasteiger partial charge >= 0.3 is 21.7 Å². The SMILES string of the molecule is Cl.Cl.[C-]1=CC=CC1.[NH-]C1CCCCC1.[Ti+2]. The summed E-state index contributed by atoms with van der Waals surface area (Å²) in [6.45, 7) is 0. The fourth-order valence-corrected chi connectivity index (χ4v) is 1.44. The molecule has 0 saturated heterocycles. The molecule has 1 saturated carbocycles. The molecule has 0 spiro atoms. The van der Waals surface area contributed by atoms with Gasteiger partial charge in [0.2, 0.25) is 0 Å². The van der Waals surface area contributed by atoms with Crippen LogP contribution in [0.3, 0.4) is 0 Å². The van der Waals surface area contributed by atoms with E-state index in [0.717, 1.165) is 19.3 Å². The molecule has 0 heterocycles. The van der Waals surface area contributed by atoms with Crippen molar-refractivity contribution in [2.75, 3.05) is 0 Å². The Bertz CT molecular complexity index is 156. The van der Waals surface area contributed by atoms with E-state index < -0.39 is 0 Å². The molecular weight excluding hydrogens is 265 g/mol. The van der Waals surface area contributed by atoms with Crippen molar-refractivity contribution < 1.29 is 21.7 Å². The molecule has 2 aliphatic carbocycles. The Hall–Kier alpha value is 0.734. The van der Waals surface area contributed by atoms with Crippen molar-refractivity contribution in [1.29, 1.82) is 0 Å². The molecule has 0 aromatic rings. The van der Waals surface area contributed by atoms with Gasteiger partial charge in [0.15, 0.2) is 0 Å². The van der Waals surface area contributed by atoms with Crippen molar-refractivity contribution in [3.05, 3.63) is 30.0 Å². The second-order valence-electron chi connectivity index (χ2n) is 3.34. The smallest absolute Gasteiger partial charge is 0.675 e. The van der Waals surface area contributed by atoms with Crippen molar-refractivity contribution in [2.45, 2.75) is 44.6 Å². The molecule has 2 rings (SSSR count). The summed E-state index contributed by atoms with van der Waals surface area (Å²) in [6.07, 6.45) is 16.3. The first kappa shape index (κ1) is 21.1. The first-order valence-electron chi connectivity index (χ1n) is 4.82. The molecule has 0 aliphatic heterocycles. The van der Waals surface area contributed by atoms with Gasteiger partial charge in [-0.2, -0.15) is 6.08 Å². The van der Waals surface area contributed by atoms with Gasteiger partial charge in [-0.1, -0.05) is 32.1 Å². The Labute approximate surface area is 121 Å².